The van der Waals surface area contributed by atoms with Crippen LogP contribution in [0.3, 0.4) is 0 Å². The number of halogens is 1. The Morgan fingerprint density at radius 1 is 1.00 bits per heavy atom. The van der Waals surface area contributed by atoms with Crippen molar-refractivity contribution in [2.75, 3.05) is 20.1 Å². The van der Waals surface area contributed by atoms with Crippen LogP contribution >= 0.6 is 12.4 Å². The molecule has 2 atom stereocenters. The molecule has 1 saturated heterocycles. The molecule has 0 amide bonds. The summed E-state index contributed by atoms with van der Waals surface area (Å²) in [5.74, 6) is 1.46. The van der Waals surface area contributed by atoms with Crippen molar-refractivity contribution in [2.24, 2.45) is 0 Å². The quantitative estimate of drug-likeness (QED) is 0.837. The topological polar surface area (TPSA) is 12.5 Å². The van der Waals surface area contributed by atoms with Crippen LogP contribution in [0.5, 0.6) is 5.75 Å². The maximum Gasteiger partial charge on any atom is 0.122 e. The van der Waals surface area contributed by atoms with E-state index in [1.807, 2.05) is 0 Å². The smallest absolute Gasteiger partial charge is 0.122 e. The fourth-order valence-electron chi connectivity index (χ4n) is 3.11. The lowest BCUT2D eigenvalue weighted by atomic mass is 9.88. The molecule has 2 aromatic rings. The predicted octanol–water partition coefficient (Wildman–Crippen LogP) is 4.28. The fourth-order valence-corrected chi connectivity index (χ4v) is 3.11. The van der Waals surface area contributed by atoms with Crippen molar-refractivity contribution < 1.29 is 4.74 Å². The van der Waals surface area contributed by atoms with Gasteiger partial charge in [-0.25, -0.2) is 0 Å². The Bertz CT molecular complexity index is 587. The molecule has 0 saturated carbocycles. The van der Waals surface area contributed by atoms with Crippen LogP contribution in [0.4, 0.5) is 0 Å². The van der Waals surface area contributed by atoms with E-state index in [0.29, 0.717) is 5.92 Å². The molecule has 0 aromatic heterocycles. The summed E-state index contributed by atoms with van der Waals surface area (Å²) in [4.78, 5) is 2.40. The monoisotopic (exact) mass is 317 g/mol. The first-order chi connectivity index (χ1) is 10.2. The van der Waals surface area contributed by atoms with Gasteiger partial charge in [0.25, 0.3) is 0 Å². The van der Waals surface area contributed by atoms with E-state index < -0.39 is 0 Å². The Kier molecular flexibility index (Phi) is 5.87. The Morgan fingerprint density at radius 2 is 1.68 bits per heavy atom. The molecule has 118 valence electrons. The molecule has 2 aromatic carbocycles. The molecular weight excluding hydrogens is 294 g/mol. The number of hydrogen-bond donors (Lipinski definition) is 0. The Labute approximate surface area is 139 Å². The lowest BCUT2D eigenvalue weighted by Crippen LogP contribution is -2.42. The lowest BCUT2D eigenvalue weighted by molar-refractivity contribution is 0.0896. The van der Waals surface area contributed by atoms with Gasteiger partial charge in [-0.2, -0.15) is 0 Å². The first-order valence-electron chi connectivity index (χ1n) is 7.70. The van der Waals surface area contributed by atoms with Crippen LogP contribution in [-0.4, -0.2) is 31.1 Å². The Morgan fingerprint density at radius 3 is 2.41 bits per heavy atom. The second kappa shape index (κ2) is 7.66. The summed E-state index contributed by atoms with van der Waals surface area (Å²) in [6.45, 7) is 4.27. The maximum absolute atomic E-state index is 6.37. The summed E-state index contributed by atoms with van der Waals surface area (Å²) in [7, 11) is 2.19. The summed E-state index contributed by atoms with van der Waals surface area (Å²) >= 11 is 0. The first-order valence-corrected chi connectivity index (χ1v) is 7.70. The second-order valence-corrected chi connectivity index (χ2v) is 5.99. The highest BCUT2D eigenvalue weighted by Crippen LogP contribution is 2.31. The molecule has 22 heavy (non-hydrogen) atoms. The maximum atomic E-state index is 6.37. The normalized spacial score (nSPS) is 21.9. The average molecular weight is 318 g/mol. The van der Waals surface area contributed by atoms with E-state index in [1.54, 1.807) is 0 Å². The van der Waals surface area contributed by atoms with Crippen molar-refractivity contribution in [3.63, 3.8) is 0 Å². The van der Waals surface area contributed by atoms with Crippen LogP contribution in [-0.2, 0) is 0 Å². The fraction of sp³-hybridized carbons (Fsp3) is 0.368. The minimum Gasteiger partial charge on any atom is -0.489 e. The van der Waals surface area contributed by atoms with Crippen LogP contribution in [0.1, 0.15) is 23.5 Å². The molecule has 0 radical (unpaired) electrons. The average Bonchev–Trinajstić information content (AvgIpc) is 2.52. The molecule has 2 nitrogen and oxygen atoms in total. The molecule has 3 rings (SSSR count). The van der Waals surface area contributed by atoms with Gasteiger partial charge in [0, 0.05) is 19.0 Å². The standard InChI is InChI=1S/C19H23NO.ClH/c1-15-8-6-7-11-18(15)21-19-12-13-20(2)14-17(19)16-9-4-3-5-10-16;/h3-11,17,19H,12-14H2,1-2H3;1H. The van der Waals surface area contributed by atoms with Gasteiger partial charge in [-0.3, -0.25) is 0 Å². The third-order valence-corrected chi connectivity index (χ3v) is 4.35. The molecular formula is C19H24ClNO. The van der Waals surface area contributed by atoms with E-state index in [2.05, 4.69) is 73.5 Å². The zero-order valence-electron chi connectivity index (χ0n) is 13.2. The third kappa shape index (κ3) is 3.82. The highest BCUT2D eigenvalue weighted by Gasteiger charge is 2.30. The van der Waals surface area contributed by atoms with Gasteiger partial charge >= 0.3 is 0 Å². The summed E-state index contributed by atoms with van der Waals surface area (Å²) in [5.41, 5.74) is 2.59. The summed E-state index contributed by atoms with van der Waals surface area (Å²) < 4.78 is 6.37. The van der Waals surface area contributed by atoms with E-state index in [-0.39, 0.29) is 18.5 Å². The number of hydrogen-bond acceptors (Lipinski definition) is 2. The van der Waals surface area contributed by atoms with Gasteiger partial charge in [0.05, 0.1) is 0 Å². The minimum atomic E-state index is 0. The van der Waals surface area contributed by atoms with Crippen LogP contribution in [0.2, 0.25) is 0 Å². The predicted molar refractivity (Wildman–Crippen MR) is 94.1 cm³/mol. The number of benzene rings is 2. The second-order valence-electron chi connectivity index (χ2n) is 5.99. The van der Waals surface area contributed by atoms with Crippen molar-refractivity contribution in [1.82, 2.24) is 4.90 Å². The Balaban J connectivity index is 0.00000176. The summed E-state index contributed by atoms with van der Waals surface area (Å²) in [5, 5.41) is 0. The van der Waals surface area contributed by atoms with E-state index in [0.717, 1.165) is 25.3 Å². The van der Waals surface area contributed by atoms with Gasteiger partial charge in [-0.1, -0.05) is 48.5 Å². The Hall–Kier alpha value is -1.51. The molecule has 2 unspecified atom stereocenters. The molecule has 1 fully saturated rings. The van der Waals surface area contributed by atoms with Crippen LogP contribution in [0.25, 0.3) is 0 Å². The van der Waals surface area contributed by atoms with Crippen LogP contribution in [0.15, 0.2) is 54.6 Å². The number of para-hydroxylation sites is 1. The number of aryl methyl sites for hydroxylation is 1. The largest absolute Gasteiger partial charge is 0.489 e. The van der Waals surface area contributed by atoms with Gasteiger partial charge in [-0.05, 0) is 37.6 Å². The molecule has 0 aliphatic carbocycles. The molecule has 1 aliphatic heterocycles. The van der Waals surface area contributed by atoms with E-state index in [9.17, 15) is 0 Å². The number of piperidine rings is 1. The van der Waals surface area contributed by atoms with Crippen LogP contribution in [0, 0.1) is 6.92 Å². The third-order valence-electron chi connectivity index (χ3n) is 4.35. The van der Waals surface area contributed by atoms with Crippen molar-refractivity contribution in [3.05, 3.63) is 65.7 Å². The van der Waals surface area contributed by atoms with E-state index >= 15 is 0 Å². The SMILES string of the molecule is Cc1ccccc1OC1CCN(C)CC1c1ccccc1.Cl. The van der Waals surface area contributed by atoms with Gasteiger partial charge in [0.15, 0.2) is 0 Å². The number of rotatable bonds is 3. The highest BCUT2D eigenvalue weighted by atomic mass is 35.5. The zero-order chi connectivity index (χ0) is 14.7. The number of likely N-dealkylation sites (N-methyl/N-ethyl adjacent to an activating group) is 1. The van der Waals surface area contributed by atoms with Gasteiger partial charge in [0.1, 0.15) is 11.9 Å². The highest BCUT2D eigenvalue weighted by molar-refractivity contribution is 5.85. The van der Waals surface area contributed by atoms with Gasteiger partial charge in [-0.15, -0.1) is 12.4 Å². The molecule has 1 heterocycles. The summed E-state index contributed by atoms with van der Waals surface area (Å²) in [6.07, 6.45) is 1.33. The van der Waals surface area contributed by atoms with Crippen molar-refractivity contribution in [3.8, 4) is 5.75 Å². The van der Waals surface area contributed by atoms with E-state index in [4.69, 9.17) is 4.74 Å². The van der Waals surface area contributed by atoms with Crippen molar-refractivity contribution in [2.45, 2.75) is 25.4 Å². The molecule has 3 heteroatoms. The van der Waals surface area contributed by atoms with Gasteiger partial charge < -0.3 is 9.64 Å². The number of likely N-dealkylation sites (tertiary alicyclic amines) is 1. The summed E-state index contributed by atoms with van der Waals surface area (Å²) in [6, 6.07) is 19.1. The zero-order valence-corrected chi connectivity index (χ0v) is 14.1. The van der Waals surface area contributed by atoms with Crippen molar-refractivity contribution in [1.29, 1.82) is 0 Å². The number of nitrogens with zero attached hydrogens (tertiary/aromatic N) is 1. The molecule has 0 spiro atoms. The molecule has 1 aliphatic rings. The lowest BCUT2D eigenvalue weighted by Gasteiger charge is -2.37. The molecule has 0 N–H and O–H groups in total. The van der Waals surface area contributed by atoms with Gasteiger partial charge in [0.2, 0.25) is 0 Å². The first kappa shape index (κ1) is 16.9. The minimum absolute atomic E-state index is 0. The van der Waals surface area contributed by atoms with Crippen LogP contribution < -0.4 is 4.74 Å². The van der Waals surface area contributed by atoms with E-state index in [1.165, 1.54) is 11.1 Å². The number of ether oxygens (including phenoxy) is 1. The molecule has 0 bridgehead atoms. The van der Waals surface area contributed by atoms with Crippen molar-refractivity contribution >= 4 is 12.4 Å².